The molecule has 0 aromatic heterocycles. The van der Waals surface area contributed by atoms with Crippen molar-refractivity contribution in [3.63, 3.8) is 0 Å². The molecule has 0 saturated carbocycles. The minimum atomic E-state index is -1.04. The summed E-state index contributed by atoms with van der Waals surface area (Å²) in [5, 5.41) is 8.30. The Bertz CT molecular complexity index is 204. The Labute approximate surface area is 92.0 Å². The molecular formula is C8H14O8. The van der Waals surface area contributed by atoms with Gasteiger partial charge in [-0.05, 0) is 0 Å². The number of hydrogen-bond donors (Lipinski definition) is 1. The summed E-state index contributed by atoms with van der Waals surface area (Å²) in [5.74, 6) is 0. The Morgan fingerprint density at radius 1 is 0.938 bits per heavy atom. The Morgan fingerprint density at radius 2 is 1.50 bits per heavy atom. The third kappa shape index (κ3) is 9.03. The van der Waals surface area contributed by atoms with Gasteiger partial charge in [0.25, 0.3) is 0 Å². The third-order valence-corrected chi connectivity index (χ3v) is 1.17. The van der Waals surface area contributed by atoms with Crippen LogP contribution in [0.5, 0.6) is 0 Å². The number of rotatable bonds is 7. The van der Waals surface area contributed by atoms with Crippen molar-refractivity contribution < 1.29 is 38.4 Å². The summed E-state index contributed by atoms with van der Waals surface area (Å²) in [5.41, 5.74) is 0. The van der Waals surface area contributed by atoms with Crippen molar-refractivity contribution in [2.24, 2.45) is 0 Å². The second kappa shape index (κ2) is 9.99. The van der Waals surface area contributed by atoms with E-state index >= 15 is 0 Å². The summed E-state index contributed by atoms with van der Waals surface area (Å²) in [4.78, 5) is 21.4. The molecule has 0 spiro atoms. The first kappa shape index (κ1) is 14.5. The van der Waals surface area contributed by atoms with E-state index in [4.69, 9.17) is 5.11 Å². The monoisotopic (exact) mass is 238 g/mol. The smallest absolute Gasteiger partial charge is 0.432 e. The van der Waals surface area contributed by atoms with Crippen LogP contribution in [-0.4, -0.2) is 57.7 Å². The molecule has 0 aliphatic heterocycles. The number of carbonyl (C=O) groups is 2. The molecule has 0 unspecified atom stereocenters. The van der Waals surface area contributed by atoms with E-state index in [9.17, 15) is 9.59 Å². The van der Waals surface area contributed by atoms with Crippen LogP contribution in [0, 0.1) is 0 Å². The van der Waals surface area contributed by atoms with Crippen molar-refractivity contribution in [3.8, 4) is 0 Å². The second-order valence-electron chi connectivity index (χ2n) is 2.32. The molecule has 1 N–H and O–H groups in total. The lowest BCUT2D eigenvalue weighted by Crippen LogP contribution is -2.17. The first-order chi connectivity index (χ1) is 7.70. The maximum atomic E-state index is 10.7. The van der Waals surface area contributed by atoms with Gasteiger partial charge in [0.2, 0.25) is 6.79 Å². The minimum Gasteiger partial charge on any atom is -0.432 e. The molecule has 0 atom stereocenters. The molecule has 0 amide bonds. The second-order valence-corrected chi connectivity index (χ2v) is 2.32. The van der Waals surface area contributed by atoms with Crippen LogP contribution >= 0.6 is 0 Å². The molecule has 0 aliphatic rings. The van der Waals surface area contributed by atoms with Crippen LogP contribution in [0.1, 0.15) is 0 Å². The normalized spacial score (nSPS) is 9.38. The summed E-state index contributed by atoms with van der Waals surface area (Å²) >= 11 is 0. The van der Waals surface area contributed by atoms with Crippen LogP contribution < -0.4 is 0 Å². The Hall–Kier alpha value is -1.54. The van der Waals surface area contributed by atoms with Crippen molar-refractivity contribution in [1.29, 1.82) is 0 Å². The number of ether oxygens (including phenoxy) is 5. The fourth-order valence-electron chi connectivity index (χ4n) is 0.546. The largest absolute Gasteiger partial charge is 0.511 e. The van der Waals surface area contributed by atoms with E-state index in [1.807, 2.05) is 0 Å². The number of hydrogen-bond acceptors (Lipinski definition) is 8. The summed E-state index contributed by atoms with van der Waals surface area (Å²) in [7, 11) is 1.45. The highest BCUT2D eigenvalue weighted by Crippen LogP contribution is 1.89. The van der Waals surface area contributed by atoms with Gasteiger partial charge in [-0.1, -0.05) is 0 Å². The van der Waals surface area contributed by atoms with Gasteiger partial charge < -0.3 is 28.8 Å². The van der Waals surface area contributed by atoms with Crippen molar-refractivity contribution in [3.05, 3.63) is 0 Å². The zero-order valence-electron chi connectivity index (χ0n) is 8.84. The first-order valence-corrected chi connectivity index (χ1v) is 4.39. The highest BCUT2D eigenvalue weighted by atomic mass is 16.8. The molecule has 0 heterocycles. The molecule has 8 heteroatoms. The number of carbonyl (C=O) groups excluding carboxylic acids is 2. The summed E-state index contributed by atoms with van der Waals surface area (Å²) in [6.45, 7) is -0.818. The van der Waals surface area contributed by atoms with Crippen molar-refractivity contribution in [2.45, 2.75) is 0 Å². The zero-order valence-corrected chi connectivity index (χ0v) is 8.84. The van der Waals surface area contributed by atoms with E-state index in [1.54, 1.807) is 0 Å². The topological polar surface area (TPSA) is 101 Å². The molecule has 0 saturated heterocycles. The molecule has 94 valence electrons. The Balaban J connectivity index is 3.36. The average Bonchev–Trinajstić information content (AvgIpc) is 2.26. The zero-order chi connectivity index (χ0) is 12.2. The van der Waals surface area contributed by atoms with Gasteiger partial charge in [-0.15, -0.1) is 0 Å². The maximum Gasteiger partial charge on any atom is 0.511 e. The predicted molar refractivity (Wildman–Crippen MR) is 48.7 cm³/mol. The van der Waals surface area contributed by atoms with Crippen LogP contribution in [0.3, 0.4) is 0 Å². The number of aliphatic hydroxyl groups excluding tert-OH is 1. The quantitative estimate of drug-likeness (QED) is 0.372. The van der Waals surface area contributed by atoms with E-state index in [0.29, 0.717) is 0 Å². The lowest BCUT2D eigenvalue weighted by Gasteiger charge is -2.06. The van der Waals surface area contributed by atoms with Gasteiger partial charge in [-0.25, -0.2) is 9.59 Å². The highest BCUT2D eigenvalue weighted by molar-refractivity contribution is 5.61. The molecule has 0 aromatic rings. The first-order valence-electron chi connectivity index (χ1n) is 4.39. The van der Waals surface area contributed by atoms with Gasteiger partial charge in [0.1, 0.15) is 13.2 Å². The number of methoxy groups -OCH3 is 1. The average molecular weight is 238 g/mol. The summed E-state index contributed by atoms with van der Waals surface area (Å²) in [6.07, 6.45) is -2.02. The van der Waals surface area contributed by atoms with E-state index < -0.39 is 19.1 Å². The molecule has 0 radical (unpaired) electrons. The van der Waals surface area contributed by atoms with Gasteiger partial charge in [-0.2, -0.15) is 0 Å². The molecule has 0 bridgehead atoms. The fraction of sp³-hybridized carbons (Fsp3) is 0.750. The van der Waals surface area contributed by atoms with Crippen molar-refractivity contribution in [2.75, 3.05) is 40.3 Å². The van der Waals surface area contributed by atoms with Crippen molar-refractivity contribution >= 4 is 12.3 Å². The third-order valence-electron chi connectivity index (χ3n) is 1.17. The maximum absolute atomic E-state index is 10.7. The van der Waals surface area contributed by atoms with E-state index in [2.05, 4.69) is 23.7 Å². The minimum absolute atomic E-state index is 0.0459. The highest BCUT2D eigenvalue weighted by Gasteiger charge is 2.07. The molecule has 8 nitrogen and oxygen atoms in total. The van der Waals surface area contributed by atoms with E-state index in [-0.39, 0.29) is 26.4 Å². The Kier molecular flexibility index (Phi) is 9.03. The molecule has 16 heavy (non-hydrogen) atoms. The fourth-order valence-corrected chi connectivity index (χ4v) is 0.546. The van der Waals surface area contributed by atoms with Crippen LogP contribution in [0.4, 0.5) is 9.59 Å². The van der Waals surface area contributed by atoms with Crippen LogP contribution in [0.25, 0.3) is 0 Å². The van der Waals surface area contributed by atoms with Gasteiger partial charge in [0.15, 0.2) is 0 Å². The van der Waals surface area contributed by atoms with E-state index in [0.717, 1.165) is 0 Å². The van der Waals surface area contributed by atoms with Gasteiger partial charge in [0.05, 0.1) is 13.2 Å². The number of aliphatic hydroxyl groups is 1. The Morgan fingerprint density at radius 3 is 2.00 bits per heavy atom. The standard InChI is InChI=1S/C8H14O8/c1-12-4-5-14-8(11)16-6-15-7(10)13-3-2-9/h9H,2-6H2,1H3. The van der Waals surface area contributed by atoms with Crippen LogP contribution in [0.2, 0.25) is 0 Å². The van der Waals surface area contributed by atoms with E-state index in [1.165, 1.54) is 7.11 Å². The molecular weight excluding hydrogens is 224 g/mol. The molecule has 0 fully saturated rings. The molecule has 0 aliphatic carbocycles. The summed E-state index contributed by atoms with van der Waals surface area (Å²) < 4.78 is 22.0. The predicted octanol–water partition coefficient (Wildman–Crippen LogP) is -0.111. The lowest BCUT2D eigenvalue weighted by molar-refractivity contribution is -0.0437. The van der Waals surface area contributed by atoms with Crippen LogP contribution in [-0.2, 0) is 23.7 Å². The van der Waals surface area contributed by atoms with Crippen LogP contribution in [0.15, 0.2) is 0 Å². The van der Waals surface area contributed by atoms with Gasteiger partial charge >= 0.3 is 12.3 Å². The molecule has 0 rings (SSSR count). The summed E-state index contributed by atoms with van der Waals surface area (Å²) in [6, 6.07) is 0. The molecule has 0 aromatic carbocycles. The van der Waals surface area contributed by atoms with Gasteiger partial charge in [0, 0.05) is 7.11 Å². The van der Waals surface area contributed by atoms with Gasteiger partial charge in [-0.3, -0.25) is 0 Å². The SMILES string of the molecule is COCCOC(=O)OCOC(=O)OCCO. The van der Waals surface area contributed by atoms with Crippen molar-refractivity contribution in [1.82, 2.24) is 0 Å². The lowest BCUT2D eigenvalue weighted by atomic mass is 10.8.